The highest BCUT2D eigenvalue weighted by molar-refractivity contribution is 8.93. The molecule has 0 atom stereocenters. The van der Waals surface area contributed by atoms with Gasteiger partial charge in [-0.1, -0.05) is 55.4 Å². The minimum Gasteiger partial charge on any atom is -0.507 e. The molecule has 0 aliphatic carbocycles. The molecule has 0 amide bonds. The van der Waals surface area contributed by atoms with E-state index in [-0.39, 0.29) is 45.9 Å². The molecular weight excluding hydrogens is 468 g/mol. The molecule has 32 heavy (non-hydrogen) atoms. The van der Waals surface area contributed by atoms with Crippen LogP contribution in [0.1, 0.15) is 76.9 Å². The fraction of sp³-hybridized carbons (Fsp3) is 0.600. The van der Waals surface area contributed by atoms with Gasteiger partial charge in [-0.25, -0.2) is 0 Å². The number of likely N-dealkylation sites (N-methyl/N-ethyl adjacent to an activating group) is 1. The van der Waals surface area contributed by atoms with Crippen LogP contribution in [0.3, 0.4) is 0 Å². The van der Waals surface area contributed by atoms with Crippen LogP contribution in [0.25, 0.3) is 0 Å². The Kier molecular flexibility index (Phi) is 9.54. The molecule has 0 aliphatic rings. The van der Waals surface area contributed by atoms with E-state index in [0.717, 1.165) is 37.3 Å². The highest BCUT2D eigenvalue weighted by Crippen LogP contribution is 2.39. The van der Waals surface area contributed by atoms with E-state index < -0.39 is 0 Å². The molecule has 0 bridgehead atoms. The number of aromatic hydroxyl groups is 1. The van der Waals surface area contributed by atoms with Gasteiger partial charge < -0.3 is 19.1 Å². The number of hydrogen-bond acceptors (Lipinski definition) is 4. The molecule has 0 radical (unpaired) electrons. The number of Topliss-reactive ketones (excluding diaryl/α,β-unsaturated/α-hetero) is 1. The number of rotatable bonds is 8. The molecule has 0 aliphatic heterocycles. The molecule has 1 heterocycles. The number of imidazole rings is 1. The molecule has 180 valence electrons. The van der Waals surface area contributed by atoms with Gasteiger partial charge in [-0.2, -0.15) is 0 Å². The maximum Gasteiger partial charge on any atom is 0.202 e. The number of nitrogens with zero attached hydrogens (tertiary/aromatic N) is 3. The third-order valence-electron chi connectivity index (χ3n) is 5.88. The van der Waals surface area contributed by atoms with Crippen LogP contribution in [0, 0.1) is 5.41 Å². The van der Waals surface area contributed by atoms with Gasteiger partial charge >= 0.3 is 0 Å². The van der Waals surface area contributed by atoms with E-state index in [0.29, 0.717) is 11.2 Å². The minimum absolute atomic E-state index is 0. The summed E-state index contributed by atoms with van der Waals surface area (Å²) < 4.78 is 3.56. The number of ketones is 1. The Bertz CT molecular complexity index is 938. The monoisotopic (exact) mass is 508 g/mol. The lowest BCUT2D eigenvalue weighted by Crippen LogP contribution is -2.32. The fourth-order valence-electron chi connectivity index (χ4n) is 3.75. The van der Waals surface area contributed by atoms with Crippen molar-refractivity contribution in [2.45, 2.75) is 79.3 Å². The quantitative estimate of drug-likeness (QED) is 0.499. The first kappa shape index (κ1) is 28.2. The number of phenolic OH excluding ortho intramolecular Hbond substituents is 1. The van der Waals surface area contributed by atoms with E-state index in [9.17, 15) is 9.90 Å². The van der Waals surface area contributed by atoms with Crippen molar-refractivity contribution in [1.82, 2.24) is 14.0 Å². The molecule has 2 rings (SSSR count). The third-order valence-corrected chi connectivity index (χ3v) is 5.88. The summed E-state index contributed by atoms with van der Waals surface area (Å²) in [5.74, 6) is 0.212. The van der Waals surface area contributed by atoms with E-state index in [1.54, 1.807) is 10.8 Å². The van der Waals surface area contributed by atoms with Crippen molar-refractivity contribution < 1.29 is 9.90 Å². The van der Waals surface area contributed by atoms with Crippen LogP contribution in [-0.2, 0) is 23.9 Å². The first-order valence-corrected chi connectivity index (χ1v) is 11.2. The summed E-state index contributed by atoms with van der Waals surface area (Å²) in [7, 11) is 0. The average molecular weight is 510 g/mol. The van der Waals surface area contributed by atoms with Crippen molar-refractivity contribution >= 4 is 22.8 Å². The zero-order valence-corrected chi connectivity index (χ0v) is 22.7. The van der Waals surface area contributed by atoms with E-state index in [4.69, 9.17) is 5.41 Å². The van der Waals surface area contributed by atoms with Crippen molar-refractivity contribution in [2.75, 3.05) is 19.6 Å². The van der Waals surface area contributed by atoms with Gasteiger partial charge in [0.15, 0.2) is 5.78 Å². The van der Waals surface area contributed by atoms with Crippen molar-refractivity contribution in [1.29, 1.82) is 5.41 Å². The molecule has 0 saturated heterocycles. The fourth-order valence-corrected chi connectivity index (χ4v) is 3.75. The maximum atomic E-state index is 13.2. The molecule has 1 aromatic carbocycles. The predicted molar refractivity (Wildman–Crippen MR) is 136 cm³/mol. The van der Waals surface area contributed by atoms with Crippen LogP contribution in [-0.4, -0.2) is 44.6 Å². The number of carbonyl (C=O) groups is 1. The van der Waals surface area contributed by atoms with Crippen LogP contribution in [0.15, 0.2) is 24.5 Å². The second-order valence-corrected chi connectivity index (χ2v) is 10.3. The van der Waals surface area contributed by atoms with Gasteiger partial charge in [-0.15, -0.1) is 17.0 Å². The van der Waals surface area contributed by atoms with Crippen molar-refractivity contribution in [3.63, 3.8) is 0 Å². The highest BCUT2D eigenvalue weighted by atomic mass is 79.9. The Morgan fingerprint density at radius 3 is 1.88 bits per heavy atom. The van der Waals surface area contributed by atoms with E-state index in [1.165, 1.54) is 0 Å². The van der Waals surface area contributed by atoms with Gasteiger partial charge in [0.05, 0.1) is 6.54 Å². The number of phenols is 1. The van der Waals surface area contributed by atoms with Crippen LogP contribution in [0.4, 0.5) is 0 Å². The number of hydrogen-bond donors (Lipinski definition) is 2. The lowest BCUT2D eigenvalue weighted by atomic mass is 9.78. The van der Waals surface area contributed by atoms with Crippen LogP contribution < -0.4 is 5.62 Å². The second kappa shape index (κ2) is 10.8. The lowest BCUT2D eigenvalue weighted by molar-refractivity contribution is 0.0969. The topological polar surface area (TPSA) is 74.2 Å². The normalized spacial score (nSPS) is 12.2. The summed E-state index contributed by atoms with van der Waals surface area (Å²) in [5, 5.41) is 19.4. The molecule has 7 heteroatoms. The van der Waals surface area contributed by atoms with E-state index >= 15 is 0 Å². The SMILES string of the molecule is Br.CCN(CC)CCn1ccn(CC(=O)c2cc(C(C)(C)C)c(O)c(C(C)(C)C)c2)c1=N. The van der Waals surface area contributed by atoms with Crippen molar-refractivity contribution in [3.05, 3.63) is 46.8 Å². The number of benzene rings is 1. The van der Waals surface area contributed by atoms with Gasteiger partial charge in [-0.3, -0.25) is 10.2 Å². The minimum atomic E-state index is -0.290. The van der Waals surface area contributed by atoms with Crippen molar-refractivity contribution in [2.24, 2.45) is 0 Å². The maximum absolute atomic E-state index is 13.2. The molecule has 2 aromatic rings. The molecule has 0 fully saturated rings. The van der Waals surface area contributed by atoms with Crippen LogP contribution in [0.2, 0.25) is 0 Å². The Labute approximate surface area is 203 Å². The van der Waals surface area contributed by atoms with E-state index in [2.05, 4.69) is 18.7 Å². The second-order valence-electron chi connectivity index (χ2n) is 10.3. The highest BCUT2D eigenvalue weighted by Gasteiger charge is 2.27. The Morgan fingerprint density at radius 1 is 0.969 bits per heavy atom. The van der Waals surface area contributed by atoms with Gasteiger partial charge in [-0.05, 0) is 36.1 Å². The Hall–Kier alpha value is -1.86. The Morgan fingerprint density at radius 2 is 1.44 bits per heavy atom. The number of halogens is 1. The van der Waals surface area contributed by atoms with Crippen LogP contribution >= 0.6 is 17.0 Å². The zero-order valence-electron chi connectivity index (χ0n) is 21.0. The number of nitrogens with one attached hydrogen (secondary N) is 1. The molecular formula is C25H41BrN4O2. The van der Waals surface area contributed by atoms with Crippen molar-refractivity contribution in [3.8, 4) is 5.75 Å². The smallest absolute Gasteiger partial charge is 0.202 e. The average Bonchev–Trinajstić information content (AvgIpc) is 3.00. The number of carbonyl (C=O) groups excluding carboxylic acids is 1. The summed E-state index contributed by atoms with van der Waals surface area (Å²) in [6.45, 7) is 20.2. The summed E-state index contributed by atoms with van der Waals surface area (Å²) in [4.78, 5) is 15.5. The number of aromatic nitrogens is 2. The standard InChI is InChI=1S/C25H40N4O2.BrH/c1-9-27(10-2)11-12-28-13-14-29(23(28)26)17-21(30)18-15-19(24(3,4)5)22(31)20(16-18)25(6,7)8;/h13-16,26,31H,9-12,17H2,1-8H3;1H. The summed E-state index contributed by atoms with van der Waals surface area (Å²) >= 11 is 0. The van der Waals surface area contributed by atoms with Gasteiger partial charge in [0.2, 0.25) is 5.62 Å². The van der Waals surface area contributed by atoms with Gasteiger partial charge in [0.25, 0.3) is 0 Å². The first-order chi connectivity index (χ1) is 14.3. The third kappa shape index (κ3) is 6.58. The molecule has 2 N–H and O–H groups in total. The van der Waals surface area contributed by atoms with Gasteiger partial charge in [0.1, 0.15) is 5.75 Å². The molecule has 0 spiro atoms. The molecule has 1 aromatic heterocycles. The summed E-state index contributed by atoms with van der Waals surface area (Å²) in [5.41, 5.74) is 1.87. The summed E-state index contributed by atoms with van der Waals surface area (Å²) in [6, 6.07) is 3.63. The lowest BCUT2D eigenvalue weighted by Gasteiger charge is -2.28. The molecule has 6 nitrogen and oxygen atoms in total. The van der Waals surface area contributed by atoms with Gasteiger partial charge in [0, 0.05) is 42.2 Å². The van der Waals surface area contributed by atoms with E-state index in [1.807, 2.05) is 64.4 Å². The Balaban J connectivity index is 0.00000512. The first-order valence-electron chi connectivity index (χ1n) is 11.2. The summed E-state index contributed by atoms with van der Waals surface area (Å²) in [6.07, 6.45) is 3.68. The zero-order chi connectivity index (χ0) is 23.6. The molecule has 0 saturated carbocycles. The largest absolute Gasteiger partial charge is 0.507 e. The molecule has 0 unspecified atom stereocenters. The van der Waals surface area contributed by atoms with Crippen LogP contribution in [0.5, 0.6) is 5.75 Å². The predicted octanol–water partition coefficient (Wildman–Crippen LogP) is 4.87.